The smallest absolute Gasteiger partial charge is 0.332 e. The number of hydrogen-bond acceptors (Lipinski definition) is 6. The van der Waals surface area contributed by atoms with Crippen LogP contribution in [0.3, 0.4) is 0 Å². The van der Waals surface area contributed by atoms with Crippen molar-refractivity contribution >= 4 is 5.82 Å². The Bertz CT molecular complexity index is 751. The van der Waals surface area contributed by atoms with E-state index in [4.69, 9.17) is 4.74 Å². The molecule has 1 fully saturated rings. The predicted octanol–water partition coefficient (Wildman–Crippen LogP) is -0.135. The van der Waals surface area contributed by atoms with Crippen LogP contribution < -0.4 is 16.6 Å². The molecule has 8 heteroatoms. The quantitative estimate of drug-likeness (QED) is 0.824. The van der Waals surface area contributed by atoms with Crippen LogP contribution in [-0.2, 0) is 18.8 Å². The minimum atomic E-state index is -0.579. The molecule has 2 rings (SSSR count). The van der Waals surface area contributed by atoms with Crippen molar-refractivity contribution < 1.29 is 4.74 Å². The fourth-order valence-electron chi connectivity index (χ4n) is 3.10. The van der Waals surface area contributed by atoms with Gasteiger partial charge in [-0.3, -0.25) is 18.8 Å². The second-order valence-electron chi connectivity index (χ2n) is 6.48. The van der Waals surface area contributed by atoms with E-state index in [2.05, 4.69) is 17.1 Å². The van der Waals surface area contributed by atoms with Crippen molar-refractivity contribution in [3.63, 3.8) is 0 Å². The fourth-order valence-corrected chi connectivity index (χ4v) is 3.10. The molecule has 8 nitrogen and oxygen atoms in total. The molecule has 0 bridgehead atoms. The Hall–Kier alpha value is -2.11. The lowest BCUT2D eigenvalue weighted by Gasteiger charge is -2.39. The summed E-state index contributed by atoms with van der Waals surface area (Å²) < 4.78 is 7.98. The zero-order chi connectivity index (χ0) is 18.0. The Morgan fingerprint density at radius 2 is 1.83 bits per heavy atom. The molecule has 1 saturated heterocycles. The number of nitrogens with zero attached hydrogens (tertiary/aromatic N) is 4. The molecule has 3 atom stereocenters. The van der Waals surface area contributed by atoms with Crippen molar-refractivity contribution in [2.24, 2.45) is 14.1 Å². The number of morpholine rings is 1. The van der Waals surface area contributed by atoms with Crippen LogP contribution in [0, 0.1) is 11.3 Å². The van der Waals surface area contributed by atoms with Gasteiger partial charge in [0.05, 0.1) is 12.2 Å². The van der Waals surface area contributed by atoms with Crippen LogP contribution in [0.5, 0.6) is 0 Å². The first-order valence-corrected chi connectivity index (χ1v) is 8.09. The van der Waals surface area contributed by atoms with Gasteiger partial charge in [0.2, 0.25) is 0 Å². The summed E-state index contributed by atoms with van der Waals surface area (Å²) in [6.45, 7) is 8.33. The molecule has 1 N–H and O–H groups in total. The number of nitrogens with one attached hydrogen (secondary N) is 1. The summed E-state index contributed by atoms with van der Waals surface area (Å²) in [7, 11) is 2.92. The molecule has 1 aliphatic rings. The number of aromatic nitrogens is 2. The molecule has 0 aliphatic carbocycles. The lowest BCUT2D eigenvalue weighted by molar-refractivity contribution is -0.0769. The van der Waals surface area contributed by atoms with Crippen LogP contribution in [0.2, 0.25) is 0 Å². The van der Waals surface area contributed by atoms with Gasteiger partial charge in [-0.15, -0.1) is 0 Å². The maximum atomic E-state index is 12.1. The topological polar surface area (TPSA) is 92.3 Å². The highest BCUT2D eigenvalue weighted by Crippen LogP contribution is 2.14. The van der Waals surface area contributed by atoms with Crippen LogP contribution in [0.4, 0.5) is 5.82 Å². The summed E-state index contributed by atoms with van der Waals surface area (Å²) in [6.07, 6.45) is 0.332. The second kappa shape index (κ2) is 7.20. The standard InChI is InChI=1S/C16H25N5O3/c1-10(21-8-11(2)24-12(3)9-21)7-18-14-13(6-17)15(22)20(5)16(23)19(14)4/h10-12,18H,7-9H2,1-5H3. The maximum Gasteiger partial charge on any atom is 0.332 e. The monoisotopic (exact) mass is 335 g/mol. The van der Waals surface area contributed by atoms with Crippen molar-refractivity contribution in [3.05, 3.63) is 26.4 Å². The third-order valence-corrected chi connectivity index (χ3v) is 4.41. The van der Waals surface area contributed by atoms with Crippen molar-refractivity contribution in [2.75, 3.05) is 25.0 Å². The normalized spacial score (nSPS) is 22.8. The van der Waals surface area contributed by atoms with Crippen molar-refractivity contribution in [2.45, 2.75) is 39.0 Å². The Morgan fingerprint density at radius 3 is 2.38 bits per heavy atom. The number of ether oxygens (including phenoxy) is 1. The van der Waals surface area contributed by atoms with Crippen LogP contribution in [0.15, 0.2) is 9.59 Å². The van der Waals surface area contributed by atoms with E-state index >= 15 is 0 Å². The number of nitriles is 1. The number of rotatable bonds is 4. The van der Waals surface area contributed by atoms with Gasteiger partial charge in [-0.05, 0) is 20.8 Å². The Kier molecular flexibility index (Phi) is 5.47. The molecular formula is C16H25N5O3. The van der Waals surface area contributed by atoms with Gasteiger partial charge in [-0.1, -0.05) is 0 Å². The van der Waals surface area contributed by atoms with Gasteiger partial charge >= 0.3 is 5.69 Å². The molecule has 0 amide bonds. The summed E-state index contributed by atoms with van der Waals surface area (Å²) in [5.74, 6) is 0.270. The minimum Gasteiger partial charge on any atom is -0.373 e. The molecule has 1 aromatic heterocycles. The van der Waals surface area contributed by atoms with Crippen LogP contribution in [0.1, 0.15) is 26.3 Å². The molecule has 0 spiro atoms. The van der Waals surface area contributed by atoms with Crippen LogP contribution in [0.25, 0.3) is 0 Å². The van der Waals surface area contributed by atoms with E-state index in [9.17, 15) is 14.9 Å². The summed E-state index contributed by atoms with van der Waals surface area (Å²) in [5, 5.41) is 12.4. The van der Waals surface area contributed by atoms with E-state index in [-0.39, 0.29) is 29.6 Å². The molecule has 0 aromatic carbocycles. The molecule has 1 aliphatic heterocycles. The summed E-state index contributed by atoms with van der Waals surface area (Å²) >= 11 is 0. The highest BCUT2D eigenvalue weighted by atomic mass is 16.5. The molecule has 0 radical (unpaired) electrons. The van der Waals surface area contributed by atoms with Crippen molar-refractivity contribution in [1.82, 2.24) is 14.0 Å². The maximum absolute atomic E-state index is 12.1. The van der Waals surface area contributed by atoms with E-state index in [0.717, 1.165) is 17.7 Å². The first-order chi connectivity index (χ1) is 11.3. The highest BCUT2D eigenvalue weighted by molar-refractivity contribution is 5.51. The zero-order valence-corrected chi connectivity index (χ0v) is 14.9. The van der Waals surface area contributed by atoms with Gasteiger partial charge in [0.25, 0.3) is 5.56 Å². The van der Waals surface area contributed by atoms with E-state index in [0.29, 0.717) is 6.54 Å². The van der Waals surface area contributed by atoms with Gasteiger partial charge in [0.1, 0.15) is 11.9 Å². The molecule has 2 heterocycles. The predicted molar refractivity (Wildman–Crippen MR) is 91.2 cm³/mol. The zero-order valence-electron chi connectivity index (χ0n) is 14.9. The van der Waals surface area contributed by atoms with Crippen molar-refractivity contribution in [1.29, 1.82) is 5.26 Å². The van der Waals surface area contributed by atoms with Gasteiger partial charge in [-0.2, -0.15) is 5.26 Å². The third kappa shape index (κ3) is 3.52. The first-order valence-electron chi connectivity index (χ1n) is 8.09. The van der Waals surface area contributed by atoms with Gasteiger partial charge in [0.15, 0.2) is 5.56 Å². The lowest BCUT2D eigenvalue weighted by atomic mass is 10.1. The SMILES string of the molecule is CC1CN(C(C)CNc2c(C#N)c(=O)n(C)c(=O)n2C)CC(C)O1. The van der Waals surface area contributed by atoms with E-state index in [1.54, 1.807) is 7.05 Å². The highest BCUT2D eigenvalue weighted by Gasteiger charge is 2.26. The van der Waals surface area contributed by atoms with Gasteiger partial charge < -0.3 is 10.1 Å². The van der Waals surface area contributed by atoms with Crippen molar-refractivity contribution in [3.8, 4) is 6.07 Å². The number of anilines is 1. The molecule has 0 saturated carbocycles. The average Bonchev–Trinajstić information content (AvgIpc) is 2.53. The van der Waals surface area contributed by atoms with Crippen LogP contribution in [-0.4, -0.2) is 51.9 Å². The Labute approximate surface area is 141 Å². The summed E-state index contributed by atoms with van der Waals surface area (Å²) in [5.41, 5.74) is -1.08. The fraction of sp³-hybridized carbons (Fsp3) is 0.688. The Balaban J connectivity index is 2.19. The molecule has 3 unspecified atom stereocenters. The minimum absolute atomic E-state index is 0.0458. The third-order valence-electron chi connectivity index (χ3n) is 4.41. The first kappa shape index (κ1) is 18.2. The summed E-state index contributed by atoms with van der Waals surface area (Å²) in [4.78, 5) is 26.4. The van der Waals surface area contributed by atoms with E-state index in [1.807, 2.05) is 19.9 Å². The Morgan fingerprint density at radius 1 is 1.25 bits per heavy atom. The van der Waals surface area contributed by atoms with Gasteiger partial charge in [-0.25, -0.2) is 4.79 Å². The largest absolute Gasteiger partial charge is 0.373 e. The van der Waals surface area contributed by atoms with Crippen LogP contribution >= 0.6 is 0 Å². The average molecular weight is 335 g/mol. The molecule has 1 aromatic rings. The second-order valence-corrected chi connectivity index (χ2v) is 6.48. The molecule has 132 valence electrons. The van der Waals surface area contributed by atoms with Gasteiger partial charge in [0, 0.05) is 39.8 Å². The lowest BCUT2D eigenvalue weighted by Crippen LogP contribution is -2.51. The molecule has 24 heavy (non-hydrogen) atoms. The van der Waals surface area contributed by atoms with E-state index in [1.165, 1.54) is 11.6 Å². The summed E-state index contributed by atoms with van der Waals surface area (Å²) in [6, 6.07) is 2.07. The number of hydrogen-bond donors (Lipinski definition) is 1. The molecular weight excluding hydrogens is 310 g/mol. The van der Waals surface area contributed by atoms with E-state index < -0.39 is 11.2 Å².